The third-order valence-electron chi connectivity index (χ3n) is 4.37. The minimum Gasteiger partial charge on any atom is -0.366 e. The first-order valence-electron chi connectivity index (χ1n) is 8.14. The number of rotatable bonds is 5. The predicted molar refractivity (Wildman–Crippen MR) is 99.0 cm³/mol. The molecule has 3 N–H and O–H groups in total. The van der Waals surface area contributed by atoms with Gasteiger partial charge in [0.05, 0.1) is 6.04 Å². The second kappa shape index (κ2) is 7.62. The number of thiazole rings is 1. The fraction of sp³-hybridized carbons (Fsp3) is 0.353. The highest BCUT2D eigenvalue weighted by molar-refractivity contribution is 7.13. The van der Waals surface area contributed by atoms with E-state index in [1.807, 2.05) is 18.5 Å². The molecule has 0 radical (unpaired) electrons. The van der Waals surface area contributed by atoms with Gasteiger partial charge in [-0.25, -0.2) is 4.98 Å². The van der Waals surface area contributed by atoms with Crippen molar-refractivity contribution >= 4 is 34.0 Å². The van der Waals surface area contributed by atoms with Gasteiger partial charge in [-0.05, 0) is 31.2 Å². The van der Waals surface area contributed by atoms with Crippen LogP contribution >= 0.6 is 11.3 Å². The lowest BCUT2D eigenvalue weighted by molar-refractivity contribution is -0.120. The number of nitrogens with one attached hydrogen (secondary N) is 1. The van der Waals surface area contributed by atoms with Crippen molar-refractivity contribution in [2.45, 2.75) is 13.0 Å². The van der Waals surface area contributed by atoms with Crippen LogP contribution in [0.25, 0.3) is 0 Å². The first-order valence-corrected chi connectivity index (χ1v) is 9.02. The lowest BCUT2D eigenvalue weighted by Gasteiger charge is -2.37. The number of aromatic nitrogens is 1. The molecule has 0 saturated carbocycles. The highest BCUT2D eigenvalue weighted by Crippen LogP contribution is 2.20. The van der Waals surface area contributed by atoms with Crippen LogP contribution in [0.4, 0.5) is 10.8 Å². The number of hydrogen-bond donors (Lipinski definition) is 2. The Bertz CT molecular complexity index is 724. The number of piperazine rings is 1. The fourth-order valence-corrected chi connectivity index (χ4v) is 3.50. The molecule has 132 valence electrons. The predicted octanol–water partition coefficient (Wildman–Crippen LogP) is 1.39. The zero-order valence-corrected chi connectivity index (χ0v) is 14.8. The summed E-state index contributed by atoms with van der Waals surface area (Å²) in [4.78, 5) is 32.3. The Morgan fingerprint density at radius 1 is 1.20 bits per heavy atom. The van der Waals surface area contributed by atoms with Gasteiger partial charge < -0.3 is 16.0 Å². The Kier molecular flexibility index (Phi) is 5.30. The third-order valence-corrected chi connectivity index (χ3v) is 5.20. The van der Waals surface area contributed by atoms with Crippen LogP contribution in [0.15, 0.2) is 35.8 Å². The Balaban J connectivity index is 1.53. The zero-order chi connectivity index (χ0) is 17.8. The molecular formula is C17H21N5O2S. The number of carbonyl (C=O) groups is 2. The van der Waals surface area contributed by atoms with Crippen LogP contribution in [-0.2, 0) is 4.79 Å². The summed E-state index contributed by atoms with van der Waals surface area (Å²) in [7, 11) is 0. The van der Waals surface area contributed by atoms with E-state index >= 15 is 0 Å². The molecule has 0 spiro atoms. The minimum absolute atomic E-state index is 0.0606. The van der Waals surface area contributed by atoms with Crippen LogP contribution in [-0.4, -0.2) is 53.9 Å². The van der Waals surface area contributed by atoms with Gasteiger partial charge in [-0.2, -0.15) is 0 Å². The van der Waals surface area contributed by atoms with Crippen LogP contribution in [0.3, 0.4) is 0 Å². The van der Waals surface area contributed by atoms with Crippen molar-refractivity contribution in [2.75, 3.05) is 36.4 Å². The lowest BCUT2D eigenvalue weighted by atomic mass is 10.2. The first-order chi connectivity index (χ1) is 12.0. The highest BCUT2D eigenvalue weighted by Gasteiger charge is 2.26. The fourth-order valence-electron chi connectivity index (χ4n) is 2.80. The molecular weight excluding hydrogens is 338 g/mol. The van der Waals surface area contributed by atoms with Crippen LogP contribution in [0.5, 0.6) is 0 Å². The van der Waals surface area contributed by atoms with Crippen molar-refractivity contribution in [1.82, 2.24) is 9.88 Å². The molecule has 1 aromatic heterocycles. The van der Waals surface area contributed by atoms with Crippen LogP contribution < -0.4 is 16.0 Å². The summed E-state index contributed by atoms with van der Waals surface area (Å²) in [6, 6.07) is 6.36. The van der Waals surface area contributed by atoms with E-state index in [2.05, 4.69) is 20.1 Å². The molecule has 0 aliphatic carbocycles. The van der Waals surface area contributed by atoms with Gasteiger partial charge in [0.1, 0.15) is 0 Å². The maximum Gasteiger partial charge on any atom is 0.248 e. The van der Waals surface area contributed by atoms with Gasteiger partial charge in [-0.3, -0.25) is 14.5 Å². The number of benzene rings is 1. The van der Waals surface area contributed by atoms with E-state index in [0.717, 1.165) is 31.3 Å². The molecule has 2 aromatic rings. The Morgan fingerprint density at radius 2 is 1.88 bits per heavy atom. The standard InChI is InChI=1S/C17H21N5O2S/c1-12(16(24)20-14-4-2-13(3-5-14)15(18)23)21-7-9-22(10-8-21)17-19-6-11-25-17/h2-6,11-12H,7-10H2,1H3,(H2,18,23)(H,20,24). The van der Waals surface area contributed by atoms with Gasteiger partial charge in [0.15, 0.2) is 5.13 Å². The summed E-state index contributed by atoms with van der Waals surface area (Å²) < 4.78 is 0. The van der Waals surface area contributed by atoms with Gasteiger partial charge in [0.2, 0.25) is 11.8 Å². The molecule has 1 unspecified atom stereocenters. The Labute approximate surface area is 150 Å². The molecule has 1 saturated heterocycles. The van der Waals surface area contributed by atoms with E-state index in [4.69, 9.17) is 5.73 Å². The number of primary amides is 1. The van der Waals surface area contributed by atoms with Gasteiger partial charge >= 0.3 is 0 Å². The first kappa shape index (κ1) is 17.4. The number of hydrogen-bond acceptors (Lipinski definition) is 6. The molecule has 3 rings (SSSR count). The second-order valence-corrected chi connectivity index (χ2v) is 6.82. The summed E-state index contributed by atoms with van der Waals surface area (Å²) >= 11 is 1.63. The topological polar surface area (TPSA) is 91.6 Å². The number of nitrogens with zero attached hydrogens (tertiary/aromatic N) is 3. The Hall–Kier alpha value is -2.45. The molecule has 1 atom stereocenters. The monoisotopic (exact) mass is 359 g/mol. The molecule has 8 heteroatoms. The van der Waals surface area contributed by atoms with E-state index in [0.29, 0.717) is 11.3 Å². The molecule has 0 bridgehead atoms. The van der Waals surface area contributed by atoms with E-state index in [1.54, 1.807) is 35.6 Å². The smallest absolute Gasteiger partial charge is 0.248 e. The molecule has 2 heterocycles. The van der Waals surface area contributed by atoms with Crippen molar-refractivity contribution in [3.63, 3.8) is 0 Å². The van der Waals surface area contributed by atoms with Crippen LogP contribution in [0, 0.1) is 0 Å². The maximum atomic E-state index is 12.5. The number of nitrogens with two attached hydrogens (primary N) is 1. The molecule has 25 heavy (non-hydrogen) atoms. The quantitative estimate of drug-likeness (QED) is 0.842. The van der Waals surface area contributed by atoms with Gasteiger partial charge in [-0.1, -0.05) is 0 Å². The van der Waals surface area contributed by atoms with Crippen LogP contribution in [0.2, 0.25) is 0 Å². The van der Waals surface area contributed by atoms with Gasteiger partial charge in [0, 0.05) is 49.0 Å². The molecule has 1 aromatic carbocycles. The number of amides is 2. The van der Waals surface area contributed by atoms with E-state index < -0.39 is 5.91 Å². The van der Waals surface area contributed by atoms with Crippen molar-refractivity contribution in [2.24, 2.45) is 5.73 Å². The van der Waals surface area contributed by atoms with Crippen molar-refractivity contribution in [1.29, 1.82) is 0 Å². The number of anilines is 2. The lowest BCUT2D eigenvalue weighted by Crippen LogP contribution is -2.52. The van der Waals surface area contributed by atoms with E-state index in [1.165, 1.54) is 0 Å². The molecule has 1 aliphatic heterocycles. The summed E-state index contributed by atoms with van der Waals surface area (Å²) in [6.07, 6.45) is 1.81. The highest BCUT2D eigenvalue weighted by atomic mass is 32.1. The maximum absolute atomic E-state index is 12.5. The van der Waals surface area contributed by atoms with E-state index in [9.17, 15) is 9.59 Å². The van der Waals surface area contributed by atoms with Crippen LogP contribution in [0.1, 0.15) is 17.3 Å². The second-order valence-electron chi connectivity index (χ2n) is 5.94. The zero-order valence-electron chi connectivity index (χ0n) is 14.0. The normalized spacial score (nSPS) is 16.4. The minimum atomic E-state index is -0.482. The van der Waals surface area contributed by atoms with Crippen molar-refractivity contribution in [3.8, 4) is 0 Å². The van der Waals surface area contributed by atoms with Gasteiger partial charge in [-0.15, -0.1) is 11.3 Å². The Morgan fingerprint density at radius 3 is 2.44 bits per heavy atom. The third kappa shape index (κ3) is 4.15. The largest absolute Gasteiger partial charge is 0.366 e. The molecule has 7 nitrogen and oxygen atoms in total. The summed E-state index contributed by atoms with van der Waals surface area (Å²) in [5.41, 5.74) is 6.29. The summed E-state index contributed by atoms with van der Waals surface area (Å²) in [5, 5.41) is 5.89. The van der Waals surface area contributed by atoms with E-state index in [-0.39, 0.29) is 11.9 Å². The molecule has 1 fully saturated rings. The van der Waals surface area contributed by atoms with Crippen molar-refractivity contribution in [3.05, 3.63) is 41.4 Å². The van der Waals surface area contributed by atoms with Gasteiger partial charge in [0.25, 0.3) is 0 Å². The SMILES string of the molecule is CC(C(=O)Nc1ccc(C(N)=O)cc1)N1CCN(c2nccs2)CC1. The molecule has 1 aliphatic rings. The van der Waals surface area contributed by atoms with Crippen molar-refractivity contribution < 1.29 is 9.59 Å². The number of carbonyl (C=O) groups excluding carboxylic acids is 2. The summed E-state index contributed by atoms with van der Waals surface area (Å²) in [5.74, 6) is -0.543. The molecule has 2 amide bonds. The average molecular weight is 359 g/mol. The summed E-state index contributed by atoms with van der Waals surface area (Å²) in [6.45, 7) is 5.26. The average Bonchev–Trinajstić information content (AvgIpc) is 3.16.